The maximum atomic E-state index is 4.39. The van der Waals surface area contributed by atoms with E-state index >= 15 is 0 Å². The number of fused-ring (bicyclic) bond motifs is 1. The molecular formula is C9H14N2S. The van der Waals surface area contributed by atoms with Gasteiger partial charge in [-0.15, -0.1) is 11.8 Å². The molecule has 2 nitrogen and oxygen atoms in total. The first kappa shape index (κ1) is 8.17. The second kappa shape index (κ2) is 3.13. The summed E-state index contributed by atoms with van der Waals surface area (Å²) in [4.78, 5) is 0. The zero-order valence-electron chi connectivity index (χ0n) is 7.58. The minimum absolute atomic E-state index is 0.499. The van der Waals surface area contributed by atoms with Gasteiger partial charge in [-0.2, -0.15) is 5.10 Å². The van der Waals surface area contributed by atoms with Crippen LogP contribution in [0.3, 0.4) is 0 Å². The van der Waals surface area contributed by atoms with E-state index in [4.69, 9.17) is 0 Å². The minimum Gasteiger partial charge on any atom is -0.256 e. The topological polar surface area (TPSA) is 17.8 Å². The van der Waals surface area contributed by atoms with E-state index in [0.717, 1.165) is 0 Å². The predicted molar refractivity (Wildman–Crippen MR) is 51.7 cm³/mol. The van der Waals surface area contributed by atoms with E-state index in [1.54, 1.807) is 0 Å². The van der Waals surface area contributed by atoms with Gasteiger partial charge in [-0.05, 0) is 32.4 Å². The van der Waals surface area contributed by atoms with Crippen LogP contribution in [0.1, 0.15) is 31.9 Å². The van der Waals surface area contributed by atoms with E-state index in [0.29, 0.717) is 6.04 Å². The average Bonchev–Trinajstić information content (AvgIpc) is 2.47. The second-order valence-electron chi connectivity index (χ2n) is 3.47. The maximum absolute atomic E-state index is 4.39. The summed E-state index contributed by atoms with van der Waals surface area (Å²) >= 11 is 1.95. The highest BCUT2D eigenvalue weighted by Gasteiger charge is 2.16. The van der Waals surface area contributed by atoms with Gasteiger partial charge in [0, 0.05) is 11.6 Å². The van der Waals surface area contributed by atoms with Gasteiger partial charge in [-0.25, -0.2) is 0 Å². The van der Waals surface area contributed by atoms with Crippen molar-refractivity contribution in [1.29, 1.82) is 0 Å². The third-order valence-electron chi connectivity index (χ3n) is 2.14. The molecule has 1 aliphatic rings. The molecule has 66 valence electrons. The van der Waals surface area contributed by atoms with Gasteiger partial charge < -0.3 is 0 Å². The lowest BCUT2D eigenvalue weighted by molar-refractivity contribution is 0.489. The van der Waals surface area contributed by atoms with E-state index in [1.165, 1.54) is 29.2 Å². The molecule has 0 aromatic carbocycles. The summed E-state index contributed by atoms with van der Waals surface area (Å²) in [7, 11) is 0. The minimum atomic E-state index is 0.499. The summed E-state index contributed by atoms with van der Waals surface area (Å²) in [5.41, 5.74) is 1.44. The Labute approximate surface area is 77.3 Å². The van der Waals surface area contributed by atoms with E-state index < -0.39 is 0 Å². The summed E-state index contributed by atoms with van der Waals surface area (Å²) in [6.45, 7) is 4.37. The molecule has 1 aromatic rings. The van der Waals surface area contributed by atoms with Gasteiger partial charge >= 0.3 is 0 Å². The van der Waals surface area contributed by atoms with Gasteiger partial charge in [0.2, 0.25) is 0 Å². The normalized spacial score (nSPS) is 16.6. The average molecular weight is 182 g/mol. The van der Waals surface area contributed by atoms with Gasteiger partial charge in [0.1, 0.15) is 0 Å². The molecule has 0 bridgehead atoms. The molecule has 12 heavy (non-hydrogen) atoms. The first-order valence-corrected chi connectivity index (χ1v) is 5.47. The third kappa shape index (κ3) is 1.26. The summed E-state index contributed by atoms with van der Waals surface area (Å²) in [6, 6.07) is 0.499. The first-order chi connectivity index (χ1) is 5.79. The molecule has 0 N–H and O–H groups in total. The molecule has 0 saturated heterocycles. The van der Waals surface area contributed by atoms with Gasteiger partial charge in [-0.1, -0.05) is 0 Å². The highest BCUT2D eigenvalue weighted by Crippen LogP contribution is 2.31. The van der Waals surface area contributed by atoms with Crippen molar-refractivity contribution in [3.63, 3.8) is 0 Å². The van der Waals surface area contributed by atoms with Crippen molar-refractivity contribution in [1.82, 2.24) is 9.78 Å². The third-order valence-corrected chi connectivity index (χ3v) is 3.35. The SMILES string of the molecule is CC(C)n1ncc2c1SCCC2. The Kier molecular flexibility index (Phi) is 2.13. The van der Waals surface area contributed by atoms with Crippen LogP contribution in [0, 0.1) is 0 Å². The maximum Gasteiger partial charge on any atom is 0.0974 e. The monoisotopic (exact) mass is 182 g/mol. The molecule has 0 aliphatic carbocycles. The summed E-state index contributed by atoms with van der Waals surface area (Å²) in [5, 5.41) is 5.79. The molecule has 0 unspecified atom stereocenters. The molecule has 2 rings (SSSR count). The number of aryl methyl sites for hydroxylation is 1. The Morgan fingerprint density at radius 1 is 1.58 bits per heavy atom. The van der Waals surface area contributed by atoms with Crippen molar-refractivity contribution in [2.24, 2.45) is 0 Å². The number of thioether (sulfide) groups is 1. The summed E-state index contributed by atoms with van der Waals surface area (Å²) in [6.07, 6.45) is 4.55. The van der Waals surface area contributed by atoms with Crippen LogP contribution in [0.4, 0.5) is 0 Å². The molecule has 0 fully saturated rings. The Bertz CT molecular complexity index is 278. The van der Waals surface area contributed by atoms with E-state index in [1.807, 2.05) is 18.0 Å². The predicted octanol–water partition coefficient (Wildman–Crippen LogP) is 2.50. The van der Waals surface area contributed by atoms with Crippen LogP contribution in [0.25, 0.3) is 0 Å². The Morgan fingerprint density at radius 3 is 3.17 bits per heavy atom. The van der Waals surface area contributed by atoms with Gasteiger partial charge in [0.15, 0.2) is 0 Å². The van der Waals surface area contributed by atoms with Crippen LogP contribution in [-0.4, -0.2) is 15.5 Å². The molecule has 0 amide bonds. The van der Waals surface area contributed by atoms with Crippen molar-refractivity contribution in [3.05, 3.63) is 11.8 Å². The second-order valence-corrected chi connectivity index (χ2v) is 4.55. The lowest BCUT2D eigenvalue weighted by Gasteiger charge is -2.15. The first-order valence-electron chi connectivity index (χ1n) is 4.48. The highest BCUT2D eigenvalue weighted by atomic mass is 32.2. The zero-order valence-corrected chi connectivity index (χ0v) is 8.40. The van der Waals surface area contributed by atoms with Crippen molar-refractivity contribution < 1.29 is 0 Å². The van der Waals surface area contributed by atoms with Crippen LogP contribution in [0.15, 0.2) is 11.2 Å². The molecule has 2 heterocycles. The number of hydrogen-bond acceptors (Lipinski definition) is 2. The summed E-state index contributed by atoms with van der Waals surface area (Å²) < 4.78 is 2.14. The van der Waals surface area contributed by atoms with Crippen molar-refractivity contribution >= 4 is 11.8 Å². The Balaban J connectivity index is 2.38. The quantitative estimate of drug-likeness (QED) is 0.664. The number of nitrogens with zero attached hydrogens (tertiary/aromatic N) is 2. The van der Waals surface area contributed by atoms with Gasteiger partial charge in [-0.3, -0.25) is 4.68 Å². The van der Waals surface area contributed by atoms with Crippen LogP contribution < -0.4 is 0 Å². The van der Waals surface area contributed by atoms with Crippen LogP contribution in [0.2, 0.25) is 0 Å². The van der Waals surface area contributed by atoms with E-state index in [-0.39, 0.29) is 0 Å². The molecule has 1 aromatic heterocycles. The molecule has 0 radical (unpaired) electrons. The van der Waals surface area contributed by atoms with Crippen molar-refractivity contribution in [2.45, 2.75) is 37.8 Å². The molecule has 0 spiro atoms. The number of rotatable bonds is 1. The molecule has 1 aliphatic heterocycles. The summed E-state index contributed by atoms with van der Waals surface area (Å²) in [5.74, 6) is 1.26. The van der Waals surface area contributed by atoms with Crippen molar-refractivity contribution in [2.75, 3.05) is 5.75 Å². The molecular weight excluding hydrogens is 168 g/mol. The standard InChI is InChI=1S/C9H14N2S/c1-7(2)11-9-8(6-10-11)4-3-5-12-9/h6-7H,3-5H2,1-2H3. The number of aromatic nitrogens is 2. The van der Waals surface area contributed by atoms with Crippen molar-refractivity contribution in [3.8, 4) is 0 Å². The fourth-order valence-electron chi connectivity index (χ4n) is 1.52. The molecule has 0 saturated carbocycles. The fraction of sp³-hybridized carbons (Fsp3) is 0.667. The smallest absolute Gasteiger partial charge is 0.0974 e. The molecule has 0 atom stereocenters. The van der Waals surface area contributed by atoms with Crippen LogP contribution >= 0.6 is 11.8 Å². The zero-order chi connectivity index (χ0) is 8.55. The Hall–Kier alpha value is -0.440. The lowest BCUT2D eigenvalue weighted by Crippen LogP contribution is -2.07. The highest BCUT2D eigenvalue weighted by molar-refractivity contribution is 7.99. The van der Waals surface area contributed by atoms with E-state index in [2.05, 4.69) is 23.6 Å². The fourth-order valence-corrected chi connectivity index (χ4v) is 2.73. The largest absolute Gasteiger partial charge is 0.256 e. The molecule has 3 heteroatoms. The van der Waals surface area contributed by atoms with Gasteiger partial charge in [0.25, 0.3) is 0 Å². The van der Waals surface area contributed by atoms with E-state index in [9.17, 15) is 0 Å². The lowest BCUT2D eigenvalue weighted by atomic mass is 10.2. The Morgan fingerprint density at radius 2 is 2.42 bits per heavy atom. The van der Waals surface area contributed by atoms with Gasteiger partial charge in [0.05, 0.1) is 11.2 Å². The van der Waals surface area contributed by atoms with Crippen LogP contribution in [-0.2, 0) is 6.42 Å². The number of hydrogen-bond donors (Lipinski definition) is 0. The van der Waals surface area contributed by atoms with Crippen LogP contribution in [0.5, 0.6) is 0 Å².